The molecule has 5 heteroatoms. The van der Waals surface area contributed by atoms with Gasteiger partial charge in [-0.2, -0.15) is 5.10 Å². The number of hydrogen-bond donors (Lipinski definition) is 1. The Kier molecular flexibility index (Phi) is 4.31. The third-order valence-corrected chi connectivity index (χ3v) is 5.85. The van der Waals surface area contributed by atoms with E-state index in [0.29, 0.717) is 11.1 Å². The fourth-order valence-corrected chi connectivity index (χ4v) is 4.52. The average Bonchev–Trinajstić information content (AvgIpc) is 3.14. The van der Waals surface area contributed by atoms with Crippen LogP contribution < -0.4 is 5.32 Å². The molecule has 4 unspecified atom stereocenters. The maximum atomic E-state index is 12.2. The first-order valence-electron chi connectivity index (χ1n) is 8.13. The van der Waals surface area contributed by atoms with Crippen molar-refractivity contribution in [2.45, 2.75) is 45.6 Å². The predicted octanol–water partition coefficient (Wildman–Crippen LogP) is 3.34. The minimum atomic E-state index is -0.0467. The summed E-state index contributed by atoms with van der Waals surface area (Å²) in [6, 6.07) is 0.248. The molecule has 1 N–H and O–H groups in total. The maximum Gasteiger partial charge on any atom is 0.244 e. The third-order valence-electron chi connectivity index (χ3n) is 5.40. The number of amides is 1. The Balaban J connectivity index is 1.59. The summed E-state index contributed by atoms with van der Waals surface area (Å²) in [7, 11) is 1.80. The number of carbonyl (C=O) groups excluding carboxylic acids is 1. The van der Waals surface area contributed by atoms with Crippen molar-refractivity contribution in [1.82, 2.24) is 15.1 Å². The molecule has 120 valence electrons. The monoisotopic (exact) mass is 321 g/mol. The second-order valence-electron chi connectivity index (χ2n) is 6.88. The Morgan fingerprint density at radius 2 is 2.23 bits per heavy atom. The highest BCUT2D eigenvalue weighted by atomic mass is 35.5. The van der Waals surface area contributed by atoms with Gasteiger partial charge in [-0.1, -0.05) is 18.0 Å². The molecule has 1 aromatic heterocycles. The lowest BCUT2D eigenvalue weighted by molar-refractivity contribution is -0.117. The highest BCUT2D eigenvalue weighted by Crippen LogP contribution is 2.49. The van der Waals surface area contributed by atoms with E-state index in [4.69, 9.17) is 11.6 Å². The fraction of sp³-hybridized carbons (Fsp3) is 0.647. The first kappa shape index (κ1) is 15.6. The summed E-state index contributed by atoms with van der Waals surface area (Å²) in [6.45, 7) is 4.03. The maximum absolute atomic E-state index is 12.2. The van der Waals surface area contributed by atoms with E-state index in [2.05, 4.69) is 17.3 Å². The highest BCUT2D eigenvalue weighted by Gasteiger charge is 2.41. The van der Waals surface area contributed by atoms with Crippen LogP contribution in [-0.2, 0) is 11.8 Å². The molecular formula is C17H24ClN3O. The summed E-state index contributed by atoms with van der Waals surface area (Å²) in [5, 5.41) is 7.92. The van der Waals surface area contributed by atoms with Gasteiger partial charge in [0.25, 0.3) is 0 Å². The van der Waals surface area contributed by atoms with E-state index in [9.17, 15) is 4.79 Å². The van der Waals surface area contributed by atoms with E-state index in [1.54, 1.807) is 23.9 Å². The normalized spacial score (nSPS) is 28.5. The Morgan fingerprint density at radius 3 is 2.77 bits per heavy atom. The summed E-state index contributed by atoms with van der Waals surface area (Å²) in [6.07, 6.45) is 8.71. The van der Waals surface area contributed by atoms with Gasteiger partial charge in [0.15, 0.2) is 0 Å². The minimum Gasteiger partial charge on any atom is -0.350 e. The van der Waals surface area contributed by atoms with Gasteiger partial charge in [0, 0.05) is 24.7 Å². The van der Waals surface area contributed by atoms with Crippen LogP contribution >= 0.6 is 11.6 Å². The summed E-state index contributed by atoms with van der Waals surface area (Å²) < 4.78 is 1.62. The molecule has 2 aliphatic rings. The van der Waals surface area contributed by atoms with E-state index >= 15 is 0 Å². The number of nitrogens with one attached hydrogen (secondary N) is 1. The number of aromatic nitrogens is 2. The Morgan fingerprint density at radius 1 is 1.45 bits per heavy atom. The second-order valence-corrected chi connectivity index (χ2v) is 7.24. The number of fused-ring (bicyclic) bond motifs is 2. The van der Waals surface area contributed by atoms with Crippen LogP contribution in [0.4, 0.5) is 0 Å². The standard InChI is InChI=1S/C17H24ClN3O/c1-10(15-9-12-4-5-13(15)8-12)19-16(22)7-6-14-11(2)20-21(3)17(14)18/h6-7,10,12-13,15H,4-5,8-9H2,1-3H3,(H,19,22)/b7-6+. The SMILES string of the molecule is Cc1nn(C)c(Cl)c1/C=C/C(=O)NC(C)C1CC2CCC1C2. The summed E-state index contributed by atoms with van der Waals surface area (Å²) in [5.41, 5.74) is 1.64. The molecule has 0 saturated heterocycles. The van der Waals surface area contributed by atoms with Crippen molar-refractivity contribution in [3.63, 3.8) is 0 Å². The second kappa shape index (κ2) is 6.07. The lowest BCUT2D eigenvalue weighted by Gasteiger charge is -2.28. The van der Waals surface area contributed by atoms with Crippen molar-refractivity contribution < 1.29 is 4.79 Å². The van der Waals surface area contributed by atoms with E-state index in [1.807, 2.05) is 6.92 Å². The molecule has 4 nitrogen and oxygen atoms in total. The van der Waals surface area contributed by atoms with Crippen LogP contribution in [0.2, 0.25) is 5.15 Å². The van der Waals surface area contributed by atoms with Crippen LogP contribution in [0.5, 0.6) is 0 Å². The quantitative estimate of drug-likeness (QED) is 0.865. The summed E-state index contributed by atoms with van der Waals surface area (Å²) in [4.78, 5) is 12.2. The number of nitrogens with zero attached hydrogens (tertiary/aromatic N) is 2. The summed E-state index contributed by atoms with van der Waals surface area (Å²) in [5.74, 6) is 2.33. The zero-order chi connectivity index (χ0) is 15.9. The molecule has 2 bridgehead atoms. The molecular weight excluding hydrogens is 298 g/mol. The predicted molar refractivity (Wildman–Crippen MR) is 88.5 cm³/mol. The van der Waals surface area contributed by atoms with Gasteiger partial charge in [-0.3, -0.25) is 9.48 Å². The Bertz CT molecular complexity index is 607. The van der Waals surface area contributed by atoms with Crippen molar-refractivity contribution in [1.29, 1.82) is 0 Å². The first-order chi connectivity index (χ1) is 10.5. The van der Waals surface area contributed by atoms with Crippen molar-refractivity contribution in [2.24, 2.45) is 24.8 Å². The molecule has 1 aromatic rings. The van der Waals surface area contributed by atoms with Crippen LogP contribution in [0.15, 0.2) is 6.08 Å². The van der Waals surface area contributed by atoms with Gasteiger partial charge in [-0.25, -0.2) is 0 Å². The Labute approximate surface area is 136 Å². The van der Waals surface area contributed by atoms with Crippen molar-refractivity contribution in [2.75, 3.05) is 0 Å². The zero-order valence-corrected chi connectivity index (χ0v) is 14.2. The van der Waals surface area contributed by atoms with E-state index in [0.717, 1.165) is 23.1 Å². The zero-order valence-electron chi connectivity index (χ0n) is 13.5. The molecule has 4 atom stereocenters. The Hall–Kier alpha value is -1.29. The van der Waals surface area contributed by atoms with Crippen LogP contribution in [0, 0.1) is 24.7 Å². The fourth-order valence-electron chi connectivity index (χ4n) is 4.28. The number of rotatable bonds is 4. The topological polar surface area (TPSA) is 46.9 Å². The van der Waals surface area contributed by atoms with Gasteiger partial charge in [-0.05, 0) is 56.9 Å². The molecule has 0 radical (unpaired) electrons. The molecule has 3 rings (SSSR count). The van der Waals surface area contributed by atoms with Crippen LogP contribution in [0.3, 0.4) is 0 Å². The molecule has 0 spiro atoms. The molecule has 2 fully saturated rings. The molecule has 0 aromatic carbocycles. The number of carbonyl (C=O) groups is 1. The molecule has 2 saturated carbocycles. The van der Waals surface area contributed by atoms with Crippen molar-refractivity contribution >= 4 is 23.6 Å². The lowest BCUT2D eigenvalue weighted by atomic mass is 9.84. The van der Waals surface area contributed by atoms with E-state index in [-0.39, 0.29) is 11.9 Å². The number of hydrogen-bond acceptors (Lipinski definition) is 2. The van der Waals surface area contributed by atoms with Gasteiger partial charge in [0.1, 0.15) is 5.15 Å². The summed E-state index contributed by atoms with van der Waals surface area (Å²) >= 11 is 6.17. The molecule has 1 amide bonds. The number of halogens is 1. The smallest absolute Gasteiger partial charge is 0.244 e. The molecule has 2 aliphatic carbocycles. The lowest BCUT2D eigenvalue weighted by Crippen LogP contribution is -2.39. The molecule has 22 heavy (non-hydrogen) atoms. The average molecular weight is 322 g/mol. The molecule has 0 aliphatic heterocycles. The van der Waals surface area contributed by atoms with Gasteiger partial charge in [0.2, 0.25) is 5.91 Å². The van der Waals surface area contributed by atoms with Gasteiger partial charge in [-0.15, -0.1) is 0 Å². The van der Waals surface area contributed by atoms with E-state index in [1.165, 1.54) is 25.7 Å². The van der Waals surface area contributed by atoms with Crippen LogP contribution in [-0.4, -0.2) is 21.7 Å². The van der Waals surface area contributed by atoms with Gasteiger partial charge < -0.3 is 5.32 Å². The van der Waals surface area contributed by atoms with E-state index < -0.39 is 0 Å². The third kappa shape index (κ3) is 2.94. The van der Waals surface area contributed by atoms with Crippen molar-refractivity contribution in [3.05, 3.63) is 22.5 Å². The number of aryl methyl sites for hydroxylation is 2. The van der Waals surface area contributed by atoms with Gasteiger partial charge >= 0.3 is 0 Å². The minimum absolute atomic E-state index is 0.0467. The van der Waals surface area contributed by atoms with Crippen molar-refractivity contribution in [3.8, 4) is 0 Å². The highest BCUT2D eigenvalue weighted by molar-refractivity contribution is 6.31. The van der Waals surface area contributed by atoms with Crippen LogP contribution in [0.25, 0.3) is 6.08 Å². The van der Waals surface area contributed by atoms with Crippen LogP contribution in [0.1, 0.15) is 43.9 Å². The first-order valence-corrected chi connectivity index (χ1v) is 8.51. The molecule has 1 heterocycles. The van der Waals surface area contributed by atoms with Gasteiger partial charge in [0.05, 0.1) is 5.69 Å². The largest absolute Gasteiger partial charge is 0.350 e.